The van der Waals surface area contributed by atoms with Crippen LogP contribution in [0.4, 0.5) is 35.0 Å². The minimum absolute atomic E-state index is 0.148. The lowest BCUT2D eigenvalue weighted by Gasteiger charge is -2.28. The standard InChI is InChI=1S/C17H15F4N7/c1-7(25-16-9(5-22)12(14(20)21)27-17(23)28-16)15-24-6-10-8(13(18)19)3-2-4-11(10)26-15/h2-4,6-7,13-15,26H,1H3,(H3,23,25,27,28)/t7-,15?/m0/s1. The molecule has 4 N–H and O–H groups in total. The molecule has 0 bridgehead atoms. The molecule has 1 unspecified atom stereocenters. The van der Waals surface area contributed by atoms with Crippen LogP contribution in [0.25, 0.3) is 0 Å². The molecule has 11 heteroatoms. The molecule has 0 saturated carbocycles. The average molecular weight is 393 g/mol. The van der Waals surface area contributed by atoms with Crippen molar-refractivity contribution in [2.24, 2.45) is 4.99 Å². The van der Waals surface area contributed by atoms with E-state index in [1.807, 2.05) is 0 Å². The molecule has 0 aliphatic carbocycles. The Labute approximate surface area is 157 Å². The van der Waals surface area contributed by atoms with Crippen LogP contribution in [0, 0.1) is 11.3 Å². The van der Waals surface area contributed by atoms with Crippen LogP contribution < -0.4 is 16.4 Å². The summed E-state index contributed by atoms with van der Waals surface area (Å²) >= 11 is 0. The zero-order valence-corrected chi connectivity index (χ0v) is 14.5. The molecule has 1 aliphatic rings. The molecule has 7 nitrogen and oxygen atoms in total. The molecular formula is C17H15F4N7. The number of rotatable bonds is 5. The molecule has 3 rings (SSSR count). The van der Waals surface area contributed by atoms with Crippen molar-refractivity contribution in [1.82, 2.24) is 9.97 Å². The number of alkyl halides is 4. The predicted molar refractivity (Wildman–Crippen MR) is 95.6 cm³/mol. The largest absolute Gasteiger partial charge is 0.368 e. The number of nitrogens with one attached hydrogen (secondary N) is 2. The predicted octanol–water partition coefficient (Wildman–Crippen LogP) is 3.48. The van der Waals surface area contributed by atoms with Crippen LogP contribution in [0.3, 0.4) is 0 Å². The minimum atomic E-state index is -3.00. The van der Waals surface area contributed by atoms with Gasteiger partial charge in [0.2, 0.25) is 5.95 Å². The molecule has 0 spiro atoms. The zero-order valence-electron chi connectivity index (χ0n) is 14.5. The lowest BCUT2D eigenvalue weighted by atomic mass is 10.0. The van der Waals surface area contributed by atoms with Crippen LogP contribution in [-0.2, 0) is 0 Å². The summed E-state index contributed by atoms with van der Waals surface area (Å²) in [6.45, 7) is 1.67. The summed E-state index contributed by atoms with van der Waals surface area (Å²) in [6.07, 6.45) is -4.94. The number of hydrogen-bond acceptors (Lipinski definition) is 7. The van der Waals surface area contributed by atoms with Crippen LogP contribution >= 0.6 is 0 Å². The van der Waals surface area contributed by atoms with E-state index in [-0.39, 0.29) is 16.9 Å². The number of nitrogens with two attached hydrogens (primary N) is 1. The number of nitrogen functional groups attached to an aromatic ring is 1. The quantitative estimate of drug-likeness (QED) is 0.671. The van der Waals surface area contributed by atoms with Crippen molar-refractivity contribution in [3.05, 3.63) is 40.6 Å². The molecule has 28 heavy (non-hydrogen) atoms. The van der Waals surface area contributed by atoms with Gasteiger partial charge >= 0.3 is 0 Å². The highest BCUT2D eigenvalue weighted by molar-refractivity contribution is 5.91. The highest BCUT2D eigenvalue weighted by Gasteiger charge is 2.26. The number of hydrogen-bond donors (Lipinski definition) is 3. The van der Waals surface area contributed by atoms with Gasteiger partial charge in [0.25, 0.3) is 12.9 Å². The van der Waals surface area contributed by atoms with Crippen LogP contribution in [0.2, 0.25) is 0 Å². The van der Waals surface area contributed by atoms with Crippen molar-refractivity contribution in [1.29, 1.82) is 5.26 Å². The van der Waals surface area contributed by atoms with Gasteiger partial charge in [-0.2, -0.15) is 10.2 Å². The molecule has 0 radical (unpaired) electrons. The molecule has 2 aromatic rings. The lowest BCUT2D eigenvalue weighted by Crippen LogP contribution is -2.38. The van der Waals surface area contributed by atoms with E-state index in [1.165, 1.54) is 18.3 Å². The first kappa shape index (κ1) is 19.3. The molecule has 1 aromatic carbocycles. The Hall–Kier alpha value is -3.42. The SMILES string of the molecule is C[C@H](Nc1nc(N)nc(C(F)F)c1C#N)C1N=Cc2c(cccc2C(F)F)N1. The smallest absolute Gasteiger partial charge is 0.281 e. The number of benzene rings is 1. The highest BCUT2D eigenvalue weighted by Crippen LogP contribution is 2.31. The first-order valence-corrected chi connectivity index (χ1v) is 8.14. The van der Waals surface area contributed by atoms with Gasteiger partial charge in [-0.15, -0.1) is 0 Å². The first-order chi connectivity index (χ1) is 13.3. The van der Waals surface area contributed by atoms with E-state index in [0.29, 0.717) is 5.69 Å². The number of aromatic nitrogens is 2. The van der Waals surface area contributed by atoms with E-state index < -0.39 is 42.3 Å². The molecular weight excluding hydrogens is 378 g/mol. The van der Waals surface area contributed by atoms with Crippen molar-refractivity contribution in [2.75, 3.05) is 16.4 Å². The summed E-state index contributed by atoms with van der Waals surface area (Å²) in [4.78, 5) is 11.4. The Morgan fingerprint density at radius 3 is 2.61 bits per heavy atom. The van der Waals surface area contributed by atoms with Gasteiger partial charge in [-0.05, 0) is 13.0 Å². The van der Waals surface area contributed by atoms with E-state index in [4.69, 9.17) is 5.73 Å². The lowest BCUT2D eigenvalue weighted by molar-refractivity contribution is 0.145. The number of fused-ring (bicyclic) bond motifs is 1. The number of nitrogens with zero attached hydrogens (tertiary/aromatic N) is 4. The molecule has 146 valence electrons. The summed E-state index contributed by atoms with van der Waals surface area (Å²) in [5.74, 6) is -0.557. The second kappa shape index (κ2) is 7.67. The van der Waals surface area contributed by atoms with Gasteiger partial charge < -0.3 is 16.4 Å². The summed E-state index contributed by atoms with van der Waals surface area (Å²) in [6, 6.07) is 5.54. The normalized spacial score (nSPS) is 16.4. The third-order valence-electron chi connectivity index (χ3n) is 4.15. The van der Waals surface area contributed by atoms with Crippen LogP contribution in [0.5, 0.6) is 0 Å². The Morgan fingerprint density at radius 2 is 1.96 bits per heavy atom. The fraction of sp³-hybridized carbons (Fsp3) is 0.294. The van der Waals surface area contributed by atoms with Crippen LogP contribution in [0.1, 0.15) is 42.2 Å². The summed E-state index contributed by atoms with van der Waals surface area (Å²) < 4.78 is 52.4. The molecule has 2 atom stereocenters. The Balaban J connectivity index is 1.86. The molecule has 0 saturated heterocycles. The van der Waals surface area contributed by atoms with Gasteiger partial charge in [-0.25, -0.2) is 22.5 Å². The van der Waals surface area contributed by atoms with Crippen LogP contribution in [-0.4, -0.2) is 28.4 Å². The Kier molecular flexibility index (Phi) is 5.30. The minimum Gasteiger partial charge on any atom is -0.368 e. The molecule has 0 fully saturated rings. The van der Waals surface area contributed by atoms with Gasteiger partial charge in [0.15, 0.2) is 0 Å². The summed E-state index contributed by atoms with van der Waals surface area (Å²) in [7, 11) is 0. The van der Waals surface area contributed by atoms with E-state index in [9.17, 15) is 22.8 Å². The van der Waals surface area contributed by atoms with Crippen molar-refractivity contribution < 1.29 is 17.6 Å². The maximum atomic E-state index is 13.1. The third-order valence-corrected chi connectivity index (χ3v) is 4.15. The maximum absolute atomic E-state index is 13.1. The third kappa shape index (κ3) is 3.66. The van der Waals surface area contributed by atoms with Crippen LogP contribution in [0.15, 0.2) is 23.2 Å². The second-order valence-electron chi connectivity index (χ2n) is 6.01. The van der Waals surface area contributed by atoms with E-state index in [0.717, 1.165) is 0 Å². The fourth-order valence-corrected chi connectivity index (χ4v) is 2.81. The van der Waals surface area contributed by atoms with Gasteiger partial charge in [-0.1, -0.05) is 12.1 Å². The van der Waals surface area contributed by atoms with Crippen molar-refractivity contribution in [3.8, 4) is 6.07 Å². The topological polar surface area (TPSA) is 112 Å². The monoisotopic (exact) mass is 393 g/mol. The fourth-order valence-electron chi connectivity index (χ4n) is 2.81. The van der Waals surface area contributed by atoms with E-state index in [1.54, 1.807) is 19.1 Å². The first-order valence-electron chi connectivity index (χ1n) is 8.14. The molecule has 0 amide bonds. The summed E-state index contributed by atoms with van der Waals surface area (Å²) in [5.41, 5.74) is 4.87. The molecule has 1 aromatic heterocycles. The van der Waals surface area contributed by atoms with Crippen molar-refractivity contribution in [3.63, 3.8) is 0 Å². The van der Waals surface area contributed by atoms with Gasteiger partial charge in [0.05, 0.1) is 6.04 Å². The summed E-state index contributed by atoms with van der Waals surface area (Å²) in [5, 5.41) is 15.0. The maximum Gasteiger partial charge on any atom is 0.281 e. The van der Waals surface area contributed by atoms with Gasteiger partial charge in [0, 0.05) is 23.0 Å². The van der Waals surface area contributed by atoms with E-state index in [2.05, 4.69) is 25.6 Å². The van der Waals surface area contributed by atoms with Crippen molar-refractivity contribution in [2.45, 2.75) is 32.0 Å². The Morgan fingerprint density at radius 1 is 1.21 bits per heavy atom. The molecule has 1 aliphatic heterocycles. The Bertz CT molecular complexity index is 955. The number of nitriles is 1. The van der Waals surface area contributed by atoms with Gasteiger partial charge in [-0.3, -0.25) is 4.99 Å². The average Bonchev–Trinajstić information content (AvgIpc) is 2.66. The number of aliphatic imine (C=N–C) groups is 1. The van der Waals surface area contributed by atoms with Gasteiger partial charge in [0.1, 0.15) is 29.3 Å². The highest BCUT2D eigenvalue weighted by atomic mass is 19.3. The molecule has 2 heterocycles. The second-order valence-corrected chi connectivity index (χ2v) is 6.01. The zero-order chi connectivity index (χ0) is 20.4. The van der Waals surface area contributed by atoms with E-state index >= 15 is 0 Å². The number of anilines is 3. The number of halogens is 4. The van der Waals surface area contributed by atoms with Crippen molar-refractivity contribution >= 4 is 23.7 Å².